The average Bonchev–Trinajstić information content (AvgIpc) is 3.20. The molecular formula is C22H20BrClF2N4O3. The molecule has 1 atom stereocenters. The van der Waals surface area contributed by atoms with Crippen LogP contribution in [0.5, 0.6) is 5.75 Å². The van der Waals surface area contributed by atoms with Crippen LogP contribution in [0.3, 0.4) is 0 Å². The number of hydrogen-bond acceptors (Lipinski definition) is 6. The molecule has 1 aromatic heterocycles. The van der Waals surface area contributed by atoms with Crippen LogP contribution in [0.25, 0.3) is 0 Å². The molecule has 1 fully saturated rings. The van der Waals surface area contributed by atoms with Crippen molar-refractivity contribution < 1.29 is 23.4 Å². The molecule has 0 aliphatic carbocycles. The second-order valence-corrected chi connectivity index (χ2v) is 8.76. The highest BCUT2D eigenvalue weighted by Gasteiger charge is 2.28. The van der Waals surface area contributed by atoms with Crippen molar-refractivity contribution in [3.63, 3.8) is 0 Å². The van der Waals surface area contributed by atoms with E-state index in [4.69, 9.17) is 11.6 Å². The number of pyridine rings is 1. The maximum Gasteiger partial charge on any atom is 0.487 e. The summed E-state index contributed by atoms with van der Waals surface area (Å²) >= 11 is 8.32. The van der Waals surface area contributed by atoms with Gasteiger partial charge in [-0.25, -0.2) is 4.98 Å². The summed E-state index contributed by atoms with van der Waals surface area (Å²) in [5, 5.41) is 12.7. The van der Waals surface area contributed by atoms with Gasteiger partial charge in [-0.1, -0.05) is 12.2 Å². The highest BCUT2D eigenvalue weighted by atomic mass is 79.9. The molecule has 1 aromatic carbocycles. The minimum Gasteiger partial charge on any atom is -0.420 e. The Balaban J connectivity index is 1.57. The molecule has 2 aliphatic rings. The number of carbonyl (C=O) groups excluding carboxylic acids is 1. The van der Waals surface area contributed by atoms with Gasteiger partial charge in [-0.05, 0) is 58.8 Å². The van der Waals surface area contributed by atoms with Crippen LogP contribution in [0.15, 0.2) is 59.4 Å². The lowest BCUT2D eigenvalue weighted by atomic mass is 10.2. The first kappa shape index (κ1) is 23.5. The van der Waals surface area contributed by atoms with Crippen LogP contribution in [-0.4, -0.2) is 47.3 Å². The van der Waals surface area contributed by atoms with Gasteiger partial charge >= 0.3 is 5.57 Å². The van der Waals surface area contributed by atoms with E-state index in [2.05, 4.69) is 31.0 Å². The lowest BCUT2D eigenvalue weighted by Gasteiger charge is -2.30. The third kappa shape index (κ3) is 5.82. The van der Waals surface area contributed by atoms with Crippen LogP contribution < -0.4 is 19.9 Å². The number of hydrogen-bond donors (Lipinski definition) is 2. The molecule has 11 heteroatoms. The van der Waals surface area contributed by atoms with Crippen LogP contribution in [0.1, 0.15) is 16.8 Å². The van der Waals surface area contributed by atoms with E-state index in [0.717, 1.165) is 10.3 Å². The van der Waals surface area contributed by atoms with Gasteiger partial charge in [-0.2, -0.15) is 0 Å². The minimum absolute atomic E-state index is 0.135. The number of rotatable bonds is 6. The smallest absolute Gasteiger partial charge is 0.420 e. The Bertz CT molecular complexity index is 1090. The highest BCUT2D eigenvalue weighted by Crippen LogP contribution is 2.35. The molecule has 2 aliphatic heterocycles. The summed E-state index contributed by atoms with van der Waals surface area (Å²) in [7, 11) is 0. The Morgan fingerprint density at radius 3 is 2.73 bits per heavy atom. The average molecular weight is 542 g/mol. The molecule has 0 radical (unpaired) electrons. The first-order valence-corrected chi connectivity index (χ1v) is 11.3. The van der Waals surface area contributed by atoms with Crippen LogP contribution >= 0.6 is 27.5 Å². The van der Waals surface area contributed by atoms with E-state index in [1.807, 2.05) is 28.0 Å². The molecule has 0 spiro atoms. The number of allylic oxidation sites excluding steroid dienone is 2. The molecule has 0 bridgehead atoms. The second kappa shape index (κ2) is 9.66. The quantitative estimate of drug-likeness (QED) is 0.408. The van der Waals surface area contributed by atoms with E-state index in [-0.39, 0.29) is 5.75 Å². The summed E-state index contributed by atoms with van der Waals surface area (Å²) in [6.45, 7) is 1.71. The number of nitrogens with one attached hydrogen (secondary N) is 1. The van der Waals surface area contributed by atoms with Gasteiger partial charge in [-0.3, -0.25) is 4.79 Å². The van der Waals surface area contributed by atoms with Crippen molar-refractivity contribution in [3.05, 3.63) is 64.9 Å². The lowest BCUT2D eigenvalue weighted by Crippen LogP contribution is -2.29. The molecule has 1 amide bonds. The van der Waals surface area contributed by atoms with E-state index in [0.29, 0.717) is 43.1 Å². The predicted molar refractivity (Wildman–Crippen MR) is 126 cm³/mol. The van der Waals surface area contributed by atoms with Crippen LogP contribution in [0.2, 0.25) is 0 Å². The highest BCUT2D eigenvalue weighted by molar-refractivity contribution is 9.11. The Kier molecular flexibility index (Phi) is 6.87. The Hall–Kier alpha value is -2.69. The maximum absolute atomic E-state index is 12.9. The van der Waals surface area contributed by atoms with Gasteiger partial charge in [0.1, 0.15) is 5.75 Å². The van der Waals surface area contributed by atoms with E-state index >= 15 is 0 Å². The third-order valence-corrected chi connectivity index (χ3v) is 5.89. The van der Waals surface area contributed by atoms with Gasteiger partial charge in [0.2, 0.25) is 0 Å². The summed E-state index contributed by atoms with van der Waals surface area (Å²) in [6, 6.07) is 7.15. The zero-order valence-corrected chi connectivity index (χ0v) is 19.6. The van der Waals surface area contributed by atoms with E-state index in [1.165, 1.54) is 30.5 Å². The van der Waals surface area contributed by atoms with Gasteiger partial charge in [0.05, 0.1) is 22.0 Å². The molecule has 0 unspecified atom stereocenters. The molecule has 7 nitrogen and oxygen atoms in total. The Morgan fingerprint density at radius 1 is 1.33 bits per heavy atom. The monoisotopic (exact) mass is 540 g/mol. The van der Waals surface area contributed by atoms with E-state index in [9.17, 15) is 18.7 Å². The molecule has 33 heavy (non-hydrogen) atoms. The minimum atomic E-state index is -3.81. The molecule has 4 rings (SSSR count). The number of aromatic nitrogens is 1. The zero-order valence-electron chi connectivity index (χ0n) is 17.2. The van der Waals surface area contributed by atoms with Crippen molar-refractivity contribution in [2.75, 3.05) is 34.8 Å². The van der Waals surface area contributed by atoms with Crippen LogP contribution in [-0.2, 0) is 0 Å². The largest absolute Gasteiger partial charge is 0.487 e. The van der Waals surface area contributed by atoms with Gasteiger partial charge in [0.25, 0.3) is 5.91 Å². The van der Waals surface area contributed by atoms with Crippen molar-refractivity contribution in [2.24, 2.45) is 0 Å². The number of anilines is 3. The normalized spacial score (nSPS) is 18.3. The number of benzene rings is 1. The SMILES string of the molecule is O=C(Nc1ccc(OC(F)(F)Cl)cc1)c1cnc(N2CC[C@@H](O)C2)c(N2CC=CC=C2Br)c1. The molecule has 1 saturated heterocycles. The van der Waals surface area contributed by atoms with E-state index < -0.39 is 17.6 Å². The fraction of sp³-hybridized carbons (Fsp3) is 0.273. The van der Waals surface area contributed by atoms with Crippen molar-refractivity contribution >= 4 is 50.6 Å². The summed E-state index contributed by atoms with van der Waals surface area (Å²) in [6.07, 6.45) is 7.50. The zero-order chi connectivity index (χ0) is 23.6. The van der Waals surface area contributed by atoms with Crippen LogP contribution in [0, 0.1) is 0 Å². The predicted octanol–water partition coefficient (Wildman–Crippen LogP) is 4.69. The summed E-state index contributed by atoms with van der Waals surface area (Å²) in [5.74, 6) is 0.122. The standard InChI is InChI=1S/C22H20BrClF2N4O3/c23-19-3-1-2-9-30(19)18-11-14(12-27-20(18)29-10-8-16(31)13-29)21(32)28-15-4-6-17(7-5-15)33-22(24,25)26/h1-7,11-12,16,31H,8-10,13H2,(H,28,32)/t16-/m1/s1. The van der Waals surface area contributed by atoms with Gasteiger partial charge in [0.15, 0.2) is 5.82 Å². The Labute approximate surface area is 202 Å². The van der Waals surface area contributed by atoms with Crippen molar-refractivity contribution in [1.29, 1.82) is 0 Å². The maximum atomic E-state index is 12.9. The molecule has 3 heterocycles. The molecule has 174 valence electrons. The number of β-amino-alcohol motifs (C(OH)–C–C–N with tert-alkyl or cyclic N) is 1. The molecular weight excluding hydrogens is 522 g/mol. The number of nitrogens with zero attached hydrogens (tertiary/aromatic N) is 3. The lowest BCUT2D eigenvalue weighted by molar-refractivity contribution is -0.0964. The number of ether oxygens (including phenoxy) is 1. The van der Waals surface area contributed by atoms with Crippen molar-refractivity contribution in [3.8, 4) is 5.75 Å². The number of alkyl halides is 3. The second-order valence-electron chi connectivity index (χ2n) is 7.51. The first-order chi connectivity index (χ1) is 15.7. The number of amides is 1. The fourth-order valence-corrected chi connectivity index (χ4v) is 4.17. The van der Waals surface area contributed by atoms with Crippen molar-refractivity contribution in [1.82, 2.24) is 4.98 Å². The van der Waals surface area contributed by atoms with Gasteiger partial charge in [0, 0.05) is 43.1 Å². The number of aliphatic hydroxyl groups is 1. The van der Waals surface area contributed by atoms with Gasteiger partial charge < -0.3 is 25.0 Å². The van der Waals surface area contributed by atoms with E-state index in [1.54, 1.807) is 6.07 Å². The summed E-state index contributed by atoms with van der Waals surface area (Å²) in [4.78, 5) is 21.4. The fourth-order valence-electron chi connectivity index (χ4n) is 3.59. The summed E-state index contributed by atoms with van der Waals surface area (Å²) < 4.78 is 30.6. The summed E-state index contributed by atoms with van der Waals surface area (Å²) in [5.41, 5.74) is -2.39. The molecule has 2 aromatic rings. The Morgan fingerprint density at radius 2 is 2.09 bits per heavy atom. The topological polar surface area (TPSA) is 77.9 Å². The number of aliphatic hydroxyl groups excluding tert-OH is 1. The van der Waals surface area contributed by atoms with Gasteiger partial charge in [-0.15, -0.1) is 8.78 Å². The van der Waals surface area contributed by atoms with Crippen molar-refractivity contribution in [2.45, 2.75) is 18.1 Å². The third-order valence-electron chi connectivity index (χ3n) is 5.12. The number of halogens is 4. The first-order valence-electron chi connectivity index (χ1n) is 10.1. The molecule has 0 saturated carbocycles. The number of carbonyl (C=O) groups is 1. The van der Waals surface area contributed by atoms with Crippen LogP contribution in [0.4, 0.5) is 26.0 Å². The molecule has 2 N–H and O–H groups in total.